The Morgan fingerprint density at radius 3 is 2.65 bits per heavy atom. The molecule has 2 aliphatic heterocycles. The average Bonchev–Trinajstić information content (AvgIpc) is 3.24. The van der Waals surface area contributed by atoms with E-state index in [-0.39, 0.29) is 11.3 Å². The van der Waals surface area contributed by atoms with Crippen LogP contribution in [0.5, 0.6) is 0 Å². The number of hydrogen-bond donors (Lipinski definition) is 1. The standard InChI is InChI=1S/C15H27N3O2/c1-17(13-4-7-18(10-13)12-2-3-12)14(19)15(11-16)5-8-20-9-6-15/h12-13H,2-11,16H2,1H3. The van der Waals surface area contributed by atoms with E-state index >= 15 is 0 Å². The molecule has 0 aromatic heterocycles. The van der Waals surface area contributed by atoms with Gasteiger partial charge in [-0.25, -0.2) is 0 Å². The fourth-order valence-electron chi connectivity index (χ4n) is 3.66. The second-order valence-corrected chi connectivity index (χ2v) is 6.68. The van der Waals surface area contributed by atoms with E-state index < -0.39 is 0 Å². The van der Waals surface area contributed by atoms with E-state index in [1.54, 1.807) is 0 Å². The first-order valence-electron chi connectivity index (χ1n) is 7.95. The largest absolute Gasteiger partial charge is 0.381 e. The van der Waals surface area contributed by atoms with Crippen molar-refractivity contribution in [2.75, 3.05) is 39.9 Å². The maximum absolute atomic E-state index is 12.9. The van der Waals surface area contributed by atoms with Crippen molar-refractivity contribution >= 4 is 5.91 Å². The molecule has 0 radical (unpaired) electrons. The van der Waals surface area contributed by atoms with E-state index in [0.29, 0.717) is 25.8 Å². The molecule has 0 spiro atoms. The fourth-order valence-corrected chi connectivity index (χ4v) is 3.66. The van der Waals surface area contributed by atoms with Crippen LogP contribution in [0, 0.1) is 5.41 Å². The van der Waals surface area contributed by atoms with Crippen LogP contribution in [0.25, 0.3) is 0 Å². The minimum absolute atomic E-state index is 0.242. The number of ether oxygens (including phenoxy) is 1. The Balaban J connectivity index is 1.63. The van der Waals surface area contributed by atoms with Crippen LogP contribution in [0.15, 0.2) is 0 Å². The van der Waals surface area contributed by atoms with Crippen LogP contribution in [0.2, 0.25) is 0 Å². The van der Waals surface area contributed by atoms with Crippen molar-refractivity contribution < 1.29 is 9.53 Å². The molecule has 2 heterocycles. The number of nitrogens with zero attached hydrogens (tertiary/aromatic N) is 2. The summed E-state index contributed by atoms with van der Waals surface area (Å²) in [6.45, 7) is 3.96. The van der Waals surface area contributed by atoms with Gasteiger partial charge in [0.05, 0.1) is 5.41 Å². The molecule has 3 aliphatic rings. The van der Waals surface area contributed by atoms with E-state index in [1.165, 1.54) is 12.8 Å². The SMILES string of the molecule is CN(C(=O)C1(CN)CCOCC1)C1CCN(C2CC2)C1. The fraction of sp³-hybridized carbons (Fsp3) is 0.933. The van der Waals surface area contributed by atoms with E-state index in [9.17, 15) is 4.79 Å². The number of carbonyl (C=O) groups excluding carboxylic acids is 1. The molecule has 3 fully saturated rings. The lowest BCUT2D eigenvalue weighted by Gasteiger charge is -2.39. The van der Waals surface area contributed by atoms with Gasteiger partial charge in [-0.15, -0.1) is 0 Å². The van der Waals surface area contributed by atoms with Gasteiger partial charge in [-0.05, 0) is 32.1 Å². The first kappa shape index (κ1) is 14.3. The van der Waals surface area contributed by atoms with E-state index in [4.69, 9.17) is 10.5 Å². The summed E-state index contributed by atoms with van der Waals surface area (Å²) in [7, 11) is 1.97. The molecule has 5 nitrogen and oxygen atoms in total. The zero-order valence-corrected chi connectivity index (χ0v) is 12.5. The summed E-state index contributed by atoms with van der Waals surface area (Å²) in [4.78, 5) is 17.4. The summed E-state index contributed by atoms with van der Waals surface area (Å²) in [5.74, 6) is 0.242. The van der Waals surface area contributed by atoms with Crippen LogP contribution >= 0.6 is 0 Å². The number of carbonyl (C=O) groups is 1. The Morgan fingerprint density at radius 2 is 2.05 bits per heavy atom. The lowest BCUT2D eigenvalue weighted by molar-refractivity contribution is -0.147. The molecule has 0 aromatic carbocycles. The molecular weight excluding hydrogens is 254 g/mol. The van der Waals surface area contributed by atoms with Crippen LogP contribution in [0.3, 0.4) is 0 Å². The van der Waals surface area contributed by atoms with Crippen LogP contribution in [-0.4, -0.2) is 67.7 Å². The molecule has 1 unspecified atom stereocenters. The van der Waals surface area contributed by atoms with Gasteiger partial charge in [0.1, 0.15) is 0 Å². The number of amides is 1. The lowest BCUT2D eigenvalue weighted by Crippen LogP contribution is -2.52. The maximum atomic E-state index is 12.9. The normalized spacial score (nSPS) is 30.4. The second kappa shape index (κ2) is 5.62. The molecule has 20 heavy (non-hydrogen) atoms. The lowest BCUT2D eigenvalue weighted by atomic mass is 9.78. The van der Waals surface area contributed by atoms with E-state index in [2.05, 4.69) is 4.90 Å². The Morgan fingerprint density at radius 1 is 1.35 bits per heavy atom. The predicted molar refractivity (Wildman–Crippen MR) is 77.3 cm³/mol. The van der Waals surface area contributed by atoms with Gasteiger partial charge in [0, 0.05) is 52.0 Å². The monoisotopic (exact) mass is 281 g/mol. The molecule has 1 aliphatic carbocycles. The zero-order valence-electron chi connectivity index (χ0n) is 12.5. The summed E-state index contributed by atoms with van der Waals surface area (Å²) >= 11 is 0. The second-order valence-electron chi connectivity index (χ2n) is 6.68. The molecule has 5 heteroatoms. The van der Waals surface area contributed by atoms with Crippen molar-refractivity contribution in [3.63, 3.8) is 0 Å². The Hall–Kier alpha value is -0.650. The molecule has 0 aromatic rings. The van der Waals surface area contributed by atoms with Crippen molar-refractivity contribution in [2.45, 2.75) is 44.2 Å². The van der Waals surface area contributed by atoms with Crippen molar-refractivity contribution in [1.82, 2.24) is 9.80 Å². The Bertz CT molecular complexity index is 364. The van der Waals surface area contributed by atoms with Gasteiger partial charge in [0.25, 0.3) is 0 Å². The summed E-state index contributed by atoms with van der Waals surface area (Å²) in [5, 5.41) is 0. The van der Waals surface area contributed by atoms with Crippen molar-refractivity contribution in [1.29, 1.82) is 0 Å². The molecule has 1 saturated carbocycles. The van der Waals surface area contributed by atoms with Crippen molar-refractivity contribution in [3.05, 3.63) is 0 Å². The van der Waals surface area contributed by atoms with Gasteiger partial charge < -0.3 is 15.4 Å². The van der Waals surface area contributed by atoms with Crippen molar-refractivity contribution in [3.8, 4) is 0 Å². The molecule has 1 atom stereocenters. The van der Waals surface area contributed by atoms with Crippen LogP contribution in [0.4, 0.5) is 0 Å². The molecule has 0 bridgehead atoms. The minimum Gasteiger partial charge on any atom is -0.381 e. The van der Waals surface area contributed by atoms with Gasteiger partial charge in [-0.2, -0.15) is 0 Å². The quantitative estimate of drug-likeness (QED) is 0.812. The molecule has 3 rings (SSSR count). The zero-order chi connectivity index (χ0) is 14.2. The summed E-state index contributed by atoms with van der Waals surface area (Å²) < 4.78 is 5.40. The topological polar surface area (TPSA) is 58.8 Å². The number of likely N-dealkylation sites (N-methyl/N-ethyl adjacent to an activating group) is 1. The highest BCUT2D eigenvalue weighted by Gasteiger charge is 2.44. The number of nitrogens with two attached hydrogens (primary N) is 1. The first-order valence-corrected chi connectivity index (χ1v) is 7.95. The Kier molecular flexibility index (Phi) is 4.02. The van der Waals surface area contributed by atoms with Crippen LogP contribution in [0.1, 0.15) is 32.1 Å². The molecule has 1 amide bonds. The maximum Gasteiger partial charge on any atom is 0.230 e. The average molecular weight is 281 g/mol. The third kappa shape index (κ3) is 2.59. The predicted octanol–water partition coefficient (Wildman–Crippen LogP) is 0.437. The van der Waals surface area contributed by atoms with Crippen molar-refractivity contribution in [2.24, 2.45) is 11.1 Å². The van der Waals surface area contributed by atoms with Gasteiger partial charge in [-0.3, -0.25) is 9.69 Å². The minimum atomic E-state index is -0.375. The molecule has 2 saturated heterocycles. The molecular formula is C15H27N3O2. The van der Waals surface area contributed by atoms with E-state index in [1.807, 2.05) is 11.9 Å². The van der Waals surface area contributed by atoms with Crippen LogP contribution < -0.4 is 5.73 Å². The first-order chi connectivity index (χ1) is 9.66. The van der Waals surface area contributed by atoms with Gasteiger partial charge in [0.2, 0.25) is 5.91 Å². The number of hydrogen-bond acceptors (Lipinski definition) is 4. The highest BCUT2D eigenvalue weighted by Crippen LogP contribution is 2.34. The van der Waals surface area contributed by atoms with Gasteiger partial charge in [0.15, 0.2) is 0 Å². The highest BCUT2D eigenvalue weighted by molar-refractivity contribution is 5.83. The number of likely N-dealkylation sites (tertiary alicyclic amines) is 1. The molecule has 2 N–H and O–H groups in total. The third-order valence-electron chi connectivity index (χ3n) is 5.42. The number of rotatable bonds is 4. The summed E-state index contributed by atoms with van der Waals surface area (Å²) in [5.41, 5.74) is 5.57. The summed E-state index contributed by atoms with van der Waals surface area (Å²) in [6, 6.07) is 1.17. The Labute approximate surface area is 121 Å². The molecule has 114 valence electrons. The van der Waals surface area contributed by atoms with E-state index in [0.717, 1.165) is 38.4 Å². The highest BCUT2D eigenvalue weighted by atomic mass is 16.5. The van der Waals surface area contributed by atoms with Gasteiger partial charge in [-0.1, -0.05) is 0 Å². The smallest absolute Gasteiger partial charge is 0.230 e. The van der Waals surface area contributed by atoms with Gasteiger partial charge >= 0.3 is 0 Å². The third-order valence-corrected chi connectivity index (χ3v) is 5.42. The van der Waals surface area contributed by atoms with Crippen LogP contribution in [-0.2, 0) is 9.53 Å². The summed E-state index contributed by atoms with van der Waals surface area (Å²) in [6.07, 6.45) is 5.33.